The van der Waals surface area contributed by atoms with E-state index in [1.54, 1.807) is 4.57 Å². The first kappa shape index (κ1) is 19.8. The Morgan fingerprint density at radius 2 is 2.07 bits per heavy atom. The van der Waals surface area contributed by atoms with Gasteiger partial charge in [-0.3, -0.25) is 14.5 Å². The molecule has 146 valence electrons. The fourth-order valence-corrected chi connectivity index (χ4v) is 3.22. The number of rotatable bonds is 7. The molecule has 0 aliphatic rings. The van der Waals surface area contributed by atoms with E-state index >= 15 is 0 Å². The Morgan fingerprint density at radius 3 is 2.82 bits per heavy atom. The van der Waals surface area contributed by atoms with E-state index in [-0.39, 0.29) is 18.5 Å². The zero-order chi connectivity index (χ0) is 20.1. The van der Waals surface area contributed by atoms with Crippen molar-refractivity contribution < 1.29 is 9.53 Å². The topological polar surface area (TPSA) is 71.9 Å². The van der Waals surface area contributed by atoms with Crippen LogP contribution in [0.2, 0.25) is 0 Å². The third-order valence-electron chi connectivity index (χ3n) is 4.38. The van der Waals surface area contributed by atoms with Crippen LogP contribution in [0.4, 0.5) is 0 Å². The number of amides is 1. The number of hydrogen-bond donors (Lipinski definition) is 2. The summed E-state index contributed by atoms with van der Waals surface area (Å²) in [4.78, 5) is 12.7. The Kier molecular flexibility index (Phi) is 6.26. The summed E-state index contributed by atoms with van der Waals surface area (Å²) >= 11 is 5.33. The van der Waals surface area contributed by atoms with Crippen LogP contribution in [0.1, 0.15) is 31.0 Å². The minimum Gasteiger partial charge on any atom is -0.494 e. The molecule has 7 heteroatoms. The van der Waals surface area contributed by atoms with Gasteiger partial charge in [-0.05, 0) is 56.8 Å². The maximum Gasteiger partial charge on any atom is 0.240 e. The van der Waals surface area contributed by atoms with Crippen LogP contribution in [-0.4, -0.2) is 27.3 Å². The molecule has 0 fully saturated rings. The molecular weight excluding hydrogens is 372 g/mol. The standard InChI is InChI=1S/C21H24N4O2S/c1-4-27-18-10-6-8-16(12-18)15(3)22-19(26)13-25-20(23-24-21(25)28)17-9-5-7-14(2)11-17/h5-12,15H,4,13H2,1-3H3,(H,22,26)(H,24,28). The number of aromatic nitrogens is 3. The lowest BCUT2D eigenvalue weighted by molar-refractivity contribution is -0.122. The van der Waals surface area contributed by atoms with Crippen LogP contribution < -0.4 is 10.1 Å². The van der Waals surface area contributed by atoms with E-state index in [2.05, 4.69) is 15.5 Å². The van der Waals surface area contributed by atoms with Gasteiger partial charge in [0.1, 0.15) is 12.3 Å². The first-order chi connectivity index (χ1) is 13.5. The fourth-order valence-electron chi connectivity index (χ4n) is 3.02. The molecule has 1 heterocycles. The van der Waals surface area contributed by atoms with Crippen molar-refractivity contribution in [3.8, 4) is 17.1 Å². The Labute approximate surface area is 169 Å². The summed E-state index contributed by atoms with van der Waals surface area (Å²) < 4.78 is 7.66. The van der Waals surface area contributed by atoms with Crippen molar-refractivity contribution in [1.82, 2.24) is 20.1 Å². The number of aryl methyl sites for hydroxylation is 1. The largest absolute Gasteiger partial charge is 0.494 e. The minimum atomic E-state index is -0.156. The van der Waals surface area contributed by atoms with Gasteiger partial charge in [0.25, 0.3) is 0 Å². The van der Waals surface area contributed by atoms with Crippen LogP contribution in [0.5, 0.6) is 5.75 Å². The molecule has 1 aromatic heterocycles. The molecule has 1 unspecified atom stereocenters. The van der Waals surface area contributed by atoms with Crippen molar-refractivity contribution >= 4 is 18.1 Å². The molecule has 0 spiro atoms. The van der Waals surface area contributed by atoms with E-state index in [1.807, 2.05) is 69.3 Å². The van der Waals surface area contributed by atoms with Gasteiger partial charge in [0.2, 0.25) is 5.91 Å². The summed E-state index contributed by atoms with van der Waals surface area (Å²) in [5.41, 5.74) is 3.01. The average molecular weight is 397 g/mol. The molecule has 0 saturated carbocycles. The van der Waals surface area contributed by atoms with Crippen molar-refractivity contribution in [1.29, 1.82) is 0 Å². The Balaban J connectivity index is 1.74. The summed E-state index contributed by atoms with van der Waals surface area (Å²) in [6.07, 6.45) is 0. The number of carbonyl (C=O) groups excluding carboxylic acids is 1. The van der Waals surface area contributed by atoms with E-state index in [0.717, 1.165) is 22.4 Å². The summed E-state index contributed by atoms with van der Waals surface area (Å²) in [5.74, 6) is 1.30. The monoisotopic (exact) mass is 396 g/mol. The van der Waals surface area contributed by atoms with Crippen molar-refractivity contribution in [2.75, 3.05) is 6.61 Å². The van der Waals surface area contributed by atoms with Crippen LogP contribution in [0.3, 0.4) is 0 Å². The number of nitrogens with one attached hydrogen (secondary N) is 2. The van der Waals surface area contributed by atoms with Gasteiger partial charge in [0, 0.05) is 5.56 Å². The smallest absolute Gasteiger partial charge is 0.240 e. The van der Waals surface area contributed by atoms with Crippen LogP contribution in [-0.2, 0) is 11.3 Å². The number of nitrogens with zero attached hydrogens (tertiary/aromatic N) is 2. The predicted octanol–water partition coefficient (Wildman–Crippen LogP) is 4.19. The van der Waals surface area contributed by atoms with E-state index in [4.69, 9.17) is 17.0 Å². The molecule has 28 heavy (non-hydrogen) atoms. The maximum atomic E-state index is 12.7. The number of aromatic amines is 1. The molecule has 0 saturated heterocycles. The van der Waals surface area contributed by atoms with Gasteiger partial charge in [-0.15, -0.1) is 0 Å². The van der Waals surface area contributed by atoms with Gasteiger partial charge in [-0.2, -0.15) is 5.10 Å². The molecule has 0 aliphatic heterocycles. The summed E-state index contributed by atoms with van der Waals surface area (Å²) in [6, 6.07) is 15.5. The highest BCUT2D eigenvalue weighted by molar-refractivity contribution is 7.71. The highest BCUT2D eigenvalue weighted by atomic mass is 32.1. The first-order valence-electron chi connectivity index (χ1n) is 9.22. The van der Waals surface area contributed by atoms with Crippen molar-refractivity contribution in [2.45, 2.75) is 33.4 Å². The third-order valence-corrected chi connectivity index (χ3v) is 4.69. The zero-order valence-corrected chi connectivity index (χ0v) is 17.0. The Hall–Kier alpha value is -2.93. The van der Waals surface area contributed by atoms with Crippen LogP contribution >= 0.6 is 12.2 Å². The molecular formula is C21H24N4O2S. The van der Waals surface area contributed by atoms with Gasteiger partial charge in [-0.1, -0.05) is 35.9 Å². The lowest BCUT2D eigenvalue weighted by Gasteiger charge is -2.16. The normalized spacial score (nSPS) is 11.8. The highest BCUT2D eigenvalue weighted by Gasteiger charge is 2.15. The number of ether oxygens (including phenoxy) is 1. The van der Waals surface area contributed by atoms with Crippen molar-refractivity contribution in [2.24, 2.45) is 0 Å². The third kappa shape index (κ3) is 4.67. The summed E-state index contributed by atoms with van der Waals surface area (Å²) in [6.45, 7) is 6.59. The molecule has 3 aromatic rings. The molecule has 2 aromatic carbocycles. The van der Waals surface area contributed by atoms with Crippen LogP contribution in [0.15, 0.2) is 48.5 Å². The minimum absolute atomic E-state index is 0.0914. The molecule has 3 rings (SSSR count). The van der Waals surface area contributed by atoms with E-state index < -0.39 is 0 Å². The first-order valence-corrected chi connectivity index (χ1v) is 9.63. The molecule has 6 nitrogen and oxygen atoms in total. The van der Waals surface area contributed by atoms with Crippen LogP contribution in [0, 0.1) is 11.7 Å². The molecule has 2 N–H and O–H groups in total. The predicted molar refractivity (Wildman–Crippen MR) is 112 cm³/mol. The number of hydrogen-bond acceptors (Lipinski definition) is 4. The number of H-pyrrole nitrogens is 1. The second-order valence-corrected chi connectivity index (χ2v) is 6.99. The second-order valence-electron chi connectivity index (χ2n) is 6.60. The van der Waals surface area contributed by atoms with Gasteiger partial charge >= 0.3 is 0 Å². The summed E-state index contributed by atoms with van der Waals surface area (Å²) in [5, 5.41) is 10.1. The van der Waals surface area contributed by atoms with E-state index in [1.165, 1.54) is 0 Å². The quantitative estimate of drug-likeness (QED) is 0.588. The molecule has 1 atom stereocenters. The van der Waals surface area contributed by atoms with E-state index in [9.17, 15) is 4.79 Å². The van der Waals surface area contributed by atoms with Gasteiger partial charge in [0.15, 0.2) is 10.6 Å². The Morgan fingerprint density at radius 1 is 1.29 bits per heavy atom. The second kappa shape index (κ2) is 8.84. The Bertz CT molecular complexity index is 1020. The number of carbonyl (C=O) groups is 1. The summed E-state index contributed by atoms with van der Waals surface area (Å²) in [7, 11) is 0. The van der Waals surface area contributed by atoms with E-state index in [0.29, 0.717) is 17.2 Å². The molecule has 0 aliphatic carbocycles. The lowest BCUT2D eigenvalue weighted by atomic mass is 10.1. The zero-order valence-electron chi connectivity index (χ0n) is 16.2. The average Bonchev–Trinajstić information content (AvgIpc) is 3.02. The van der Waals surface area contributed by atoms with Gasteiger partial charge in [0.05, 0.1) is 12.6 Å². The van der Waals surface area contributed by atoms with Gasteiger partial charge in [-0.25, -0.2) is 0 Å². The lowest BCUT2D eigenvalue weighted by Crippen LogP contribution is -2.30. The maximum absolute atomic E-state index is 12.7. The SMILES string of the molecule is CCOc1cccc(C(C)NC(=O)Cn2c(-c3cccc(C)c3)n[nH]c2=S)c1. The molecule has 0 bridgehead atoms. The van der Waals surface area contributed by atoms with Gasteiger partial charge < -0.3 is 10.1 Å². The highest BCUT2D eigenvalue weighted by Crippen LogP contribution is 2.20. The van der Waals surface area contributed by atoms with Crippen molar-refractivity contribution in [3.63, 3.8) is 0 Å². The number of benzene rings is 2. The fraction of sp³-hybridized carbons (Fsp3) is 0.286. The molecule has 1 amide bonds. The molecule has 0 radical (unpaired) electrons. The van der Waals surface area contributed by atoms with Crippen molar-refractivity contribution in [3.05, 3.63) is 64.4 Å². The van der Waals surface area contributed by atoms with Crippen LogP contribution in [0.25, 0.3) is 11.4 Å².